The molecule has 0 fully saturated rings. The molecule has 0 spiro atoms. The van der Waals surface area contributed by atoms with Crippen molar-refractivity contribution < 1.29 is 9.29 Å². The molecule has 21 heavy (non-hydrogen) atoms. The summed E-state index contributed by atoms with van der Waals surface area (Å²) in [7, 11) is 3.13. The van der Waals surface area contributed by atoms with Crippen LogP contribution in [0.15, 0.2) is 29.2 Å². The number of nitrogens with one attached hydrogen (secondary N) is 1. The molecule has 0 radical (unpaired) electrons. The van der Waals surface area contributed by atoms with Gasteiger partial charge in [-0.1, -0.05) is 0 Å². The smallest absolute Gasteiger partial charge is 0.292 e. The SMILES string of the molecule is COc1ccc(-c2cn(C)c(=O)c(N)n2)cc1N[S+](C)[O-]. The maximum absolute atomic E-state index is 11.6. The Morgan fingerprint density at radius 2 is 2.19 bits per heavy atom. The summed E-state index contributed by atoms with van der Waals surface area (Å²) in [6, 6.07) is 5.26. The Bertz CT molecular complexity index is 689. The highest BCUT2D eigenvalue weighted by Gasteiger charge is 2.11. The molecule has 1 heterocycles. The van der Waals surface area contributed by atoms with Crippen LogP contribution in [0.2, 0.25) is 0 Å². The fourth-order valence-corrected chi connectivity index (χ4v) is 2.34. The van der Waals surface area contributed by atoms with Gasteiger partial charge in [-0.3, -0.25) is 4.79 Å². The lowest BCUT2D eigenvalue weighted by Crippen LogP contribution is -2.21. The number of methoxy groups -OCH3 is 1. The van der Waals surface area contributed by atoms with Gasteiger partial charge in [-0.2, -0.15) is 0 Å². The fourth-order valence-electron chi connectivity index (χ4n) is 1.87. The molecule has 1 unspecified atom stereocenters. The highest BCUT2D eigenvalue weighted by Crippen LogP contribution is 2.30. The van der Waals surface area contributed by atoms with Crippen molar-refractivity contribution in [2.24, 2.45) is 7.05 Å². The summed E-state index contributed by atoms with van der Waals surface area (Å²) in [5, 5.41) is 0. The standard InChI is InChI=1S/C13H16N4O3S/c1-17-7-10(15-12(14)13(17)18)8-4-5-11(20-2)9(6-8)16-21(3)19/h4-7,16H,1-3H3,(H2,14,15). The third-order valence-corrected chi connectivity index (χ3v) is 3.35. The number of hydrogen-bond acceptors (Lipinski definition) is 6. The second kappa shape index (κ2) is 6.06. The summed E-state index contributed by atoms with van der Waals surface area (Å²) >= 11 is -1.24. The predicted molar refractivity (Wildman–Crippen MR) is 83.6 cm³/mol. The van der Waals surface area contributed by atoms with E-state index in [1.165, 1.54) is 17.9 Å². The number of rotatable bonds is 4. The van der Waals surface area contributed by atoms with Gasteiger partial charge in [0.2, 0.25) is 0 Å². The van der Waals surface area contributed by atoms with Crippen molar-refractivity contribution in [3.8, 4) is 17.0 Å². The van der Waals surface area contributed by atoms with E-state index in [2.05, 4.69) is 9.71 Å². The molecule has 7 nitrogen and oxygen atoms in total. The van der Waals surface area contributed by atoms with E-state index in [0.717, 1.165) is 5.56 Å². The first kappa shape index (κ1) is 15.2. The van der Waals surface area contributed by atoms with Crippen molar-refractivity contribution in [3.63, 3.8) is 0 Å². The van der Waals surface area contributed by atoms with Crippen molar-refractivity contribution >= 4 is 22.9 Å². The Balaban J connectivity index is 2.52. The van der Waals surface area contributed by atoms with E-state index in [-0.39, 0.29) is 11.4 Å². The Morgan fingerprint density at radius 3 is 2.76 bits per heavy atom. The van der Waals surface area contributed by atoms with E-state index in [4.69, 9.17) is 10.5 Å². The summed E-state index contributed by atoms with van der Waals surface area (Å²) in [4.78, 5) is 15.6. The quantitative estimate of drug-likeness (QED) is 0.807. The Labute approximate surface area is 125 Å². The normalized spacial score (nSPS) is 12.0. The fraction of sp³-hybridized carbons (Fsp3) is 0.231. The summed E-state index contributed by atoms with van der Waals surface area (Å²) in [5.41, 5.74) is 7.10. The minimum absolute atomic E-state index is 0.0700. The molecule has 0 bridgehead atoms. The van der Waals surface area contributed by atoms with Gasteiger partial charge in [-0.15, -0.1) is 0 Å². The topological polar surface area (TPSA) is 105 Å². The first-order chi connectivity index (χ1) is 9.92. The van der Waals surface area contributed by atoms with Gasteiger partial charge in [0.15, 0.2) is 5.82 Å². The van der Waals surface area contributed by atoms with Crippen molar-refractivity contribution in [3.05, 3.63) is 34.7 Å². The third-order valence-electron chi connectivity index (χ3n) is 2.85. The zero-order chi connectivity index (χ0) is 15.6. The van der Waals surface area contributed by atoms with Gasteiger partial charge in [0.25, 0.3) is 5.56 Å². The Kier molecular flexibility index (Phi) is 4.39. The second-order valence-corrected chi connectivity index (χ2v) is 5.51. The average Bonchev–Trinajstić information content (AvgIpc) is 2.43. The number of nitrogen functional groups attached to an aromatic ring is 1. The molecule has 0 aliphatic carbocycles. The second-order valence-electron chi connectivity index (χ2n) is 4.40. The summed E-state index contributed by atoms with van der Waals surface area (Å²) < 4.78 is 20.7. The molecule has 2 rings (SSSR count). The molecule has 0 amide bonds. The summed E-state index contributed by atoms with van der Waals surface area (Å²) in [6.45, 7) is 0. The Morgan fingerprint density at radius 1 is 1.48 bits per heavy atom. The molecular weight excluding hydrogens is 292 g/mol. The third kappa shape index (κ3) is 3.29. The van der Waals surface area contributed by atoms with Crippen LogP contribution < -0.4 is 20.8 Å². The number of ether oxygens (including phenoxy) is 1. The highest BCUT2D eigenvalue weighted by atomic mass is 32.2. The lowest BCUT2D eigenvalue weighted by molar-refractivity contribution is 0.417. The number of benzene rings is 1. The summed E-state index contributed by atoms with van der Waals surface area (Å²) in [6.07, 6.45) is 3.11. The molecule has 112 valence electrons. The lowest BCUT2D eigenvalue weighted by atomic mass is 10.1. The molecular formula is C13H16N4O3S. The minimum Gasteiger partial charge on any atom is -0.593 e. The van der Waals surface area contributed by atoms with Gasteiger partial charge in [-0.25, -0.2) is 9.71 Å². The van der Waals surface area contributed by atoms with E-state index in [1.54, 1.807) is 31.4 Å². The molecule has 1 aromatic heterocycles. The van der Waals surface area contributed by atoms with Crippen molar-refractivity contribution in [1.29, 1.82) is 0 Å². The van der Waals surface area contributed by atoms with Gasteiger partial charge in [0.1, 0.15) is 17.7 Å². The number of anilines is 2. The zero-order valence-corrected chi connectivity index (χ0v) is 12.7. The van der Waals surface area contributed by atoms with Crippen molar-refractivity contribution in [2.75, 3.05) is 23.8 Å². The predicted octanol–water partition coefficient (Wildman–Crippen LogP) is 0.744. The minimum atomic E-state index is -1.24. The Hall–Kier alpha value is -2.19. The molecule has 0 saturated heterocycles. The van der Waals surface area contributed by atoms with Crippen LogP contribution in [0.3, 0.4) is 0 Å². The number of hydrogen-bond donors (Lipinski definition) is 2. The molecule has 3 N–H and O–H groups in total. The monoisotopic (exact) mass is 308 g/mol. The van der Waals surface area contributed by atoms with Crippen LogP contribution in [-0.2, 0) is 18.4 Å². The largest absolute Gasteiger partial charge is 0.593 e. The van der Waals surface area contributed by atoms with Crippen LogP contribution >= 0.6 is 0 Å². The molecule has 0 aliphatic heterocycles. The maximum atomic E-state index is 11.6. The van der Waals surface area contributed by atoms with Crippen LogP contribution in [0.5, 0.6) is 5.75 Å². The first-order valence-electron chi connectivity index (χ1n) is 6.04. The molecule has 2 aromatic rings. The van der Waals surface area contributed by atoms with Gasteiger partial charge >= 0.3 is 0 Å². The molecule has 1 atom stereocenters. The van der Waals surface area contributed by atoms with E-state index in [1.807, 2.05) is 0 Å². The van der Waals surface area contributed by atoms with E-state index in [0.29, 0.717) is 17.1 Å². The average molecular weight is 308 g/mol. The summed E-state index contributed by atoms with van der Waals surface area (Å²) in [5.74, 6) is 0.492. The molecule has 8 heteroatoms. The van der Waals surface area contributed by atoms with Crippen LogP contribution in [0.25, 0.3) is 11.3 Å². The van der Waals surface area contributed by atoms with Crippen LogP contribution in [-0.4, -0.2) is 27.5 Å². The van der Waals surface area contributed by atoms with E-state index >= 15 is 0 Å². The highest BCUT2D eigenvalue weighted by molar-refractivity contribution is 7.92. The van der Waals surface area contributed by atoms with Gasteiger partial charge in [0.05, 0.1) is 24.2 Å². The number of aromatic nitrogens is 2. The van der Waals surface area contributed by atoms with Crippen LogP contribution in [0.1, 0.15) is 0 Å². The van der Waals surface area contributed by atoms with Gasteiger partial charge < -0.3 is 19.6 Å². The number of nitrogens with zero attached hydrogens (tertiary/aromatic N) is 2. The van der Waals surface area contributed by atoms with E-state index in [9.17, 15) is 9.35 Å². The molecule has 0 saturated carbocycles. The van der Waals surface area contributed by atoms with E-state index < -0.39 is 11.4 Å². The maximum Gasteiger partial charge on any atom is 0.292 e. The van der Waals surface area contributed by atoms with Gasteiger partial charge in [0, 0.05) is 18.8 Å². The number of aryl methyl sites for hydroxylation is 1. The molecule has 0 aliphatic rings. The molecule has 1 aromatic carbocycles. The zero-order valence-electron chi connectivity index (χ0n) is 11.9. The number of nitrogens with two attached hydrogens (primary N) is 1. The van der Waals surface area contributed by atoms with Gasteiger partial charge in [-0.05, 0) is 18.2 Å². The van der Waals surface area contributed by atoms with Crippen LogP contribution in [0.4, 0.5) is 11.5 Å². The van der Waals surface area contributed by atoms with Crippen molar-refractivity contribution in [1.82, 2.24) is 9.55 Å². The van der Waals surface area contributed by atoms with Crippen LogP contribution in [0, 0.1) is 0 Å². The lowest BCUT2D eigenvalue weighted by Gasteiger charge is -2.13. The van der Waals surface area contributed by atoms with Crippen molar-refractivity contribution in [2.45, 2.75) is 0 Å². The first-order valence-corrected chi connectivity index (χ1v) is 7.60.